The molecule has 2 rings (SSSR count). The minimum atomic E-state index is -4.46. The Hall–Kier alpha value is -2.08. The molecule has 2 aromatic rings. The summed E-state index contributed by atoms with van der Waals surface area (Å²) in [4.78, 5) is 15.2. The zero-order chi connectivity index (χ0) is 16.3. The molecule has 22 heavy (non-hydrogen) atoms. The number of alkyl halides is 3. The highest BCUT2D eigenvalue weighted by atomic mass is 35.5. The summed E-state index contributed by atoms with van der Waals surface area (Å²) in [7, 11) is 0. The molecule has 0 unspecified atom stereocenters. The molecule has 0 aliphatic heterocycles. The molecule has 116 valence electrons. The average Bonchev–Trinajstić information content (AvgIpc) is 2.45. The van der Waals surface area contributed by atoms with Crippen LogP contribution in [0.2, 0.25) is 5.02 Å². The normalized spacial score (nSPS) is 11.3. The molecule has 0 bridgehead atoms. The van der Waals surface area contributed by atoms with Gasteiger partial charge in [-0.25, -0.2) is 4.98 Å². The molecule has 3 nitrogen and oxygen atoms in total. The van der Waals surface area contributed by atoms with Crippen molar-refractivity contribution in [1.82, 2.24) is 4.98 Å². The molecule has 0 aliphatic carbocycles. The topological polar surface area (TPSA) is 39.2 Å². The van der Waals surface area contributed by atoms with E-state index in [1.807, 2.05) is 0 Å². The number of rotatable bonds is 4. The Morgan fingerprint density at radius 3 is 2.45 bits per heavy atom. The zero-order valence-electron chi connectivity index (χ0n) is 11.4. The van der Waals surface area contributed by atoms with E-state index in [1.54, 1.807) is 24.3 Å². The van der Waals surface area contributed by atoms with Gasteiger partial charge < -0.3 is 4.74 Å². The monoisotopic (exact) mass is 329 g/mol. The van der Waals surface area contributed by atoms with Crippen molar-refractivity contribution in [3.8, 4) is 16.9 Å². The summed E-state index contributed by atoms with van der Waals surface area (Å²) in [6.45, 7) is -0.112. The Morgan fingerprint density at radius 2 is 1.91 bits per heavy atom. The van der Waals surface area contributed by atoms with Crippen LogP contribution in [-0.4, -0.2) is 23.6 Å². The number of hydrogen-bond acceptors (Lipinski definition) is 3. The highest BCUT2D eigenvalue weighted by Crippen LogP contribution is 2.32. The van der Waals surface area contributed by atoms with Gasteiger partial charge in [-0.3, -0.25) is 4.79 Å². The maximum absolute atomic E-state index is 12.3. The van der Waals surface area contributed by atoms with Crippen LogP contribution >= 0.6 is 11.6 Å². The van der Waals surface area contributed by atoms with E-state index >= 15 is 0 Å². The van der Waals surface area contributed by atoms with Gasteiger partial charge in [0.15, 0.2) is 12.4 Å². The van der Waals surface area contributed by atoms with Crippen molar-refractivity contribution < 1.29 is 22.7 Å². The number of nitrogens with zero attached hydrogens (tertiary/aromatic N) is 1. The molecule has 0 amide bonds. The van der Waals surface area contributed by atoms with Gasteiger partial charge in [0, 0.05) is 17.5 Å². The SMILES string of the molecule is CC(=O)c1cc(-c2ccc(Cl)cc2)c(OCC(F)(F)F)cn1. The molecule has 0 saturated heterocycles. The highest BCUT2D eigenvalue weighted by Gasteiger charge is 2.29. The number of benzene rings is 1. The Labute approximate surface area is 129 Å². The van der Waals surface area contributed by atoms with Gasteiger partial charge in [0.25, 0.3) is 0 Å². The molecule has 1 aromatic carbocycles. The van der Waals surface area contributed by atoms with Gasteiger partial charge in [-0.05, 0) is 23.8 Å². The third kappa shape index (κ3) is 4.21. The number of Topliss-reactive ketones (excluding diaryl/α,β-unsaturated/α-hetero) is 1. The van der Waals surface area contributed by atoms with Crippen LogP contribution in [0.5, 0.6) is 5.75 Å². The molecule has 0 fully saturated rings. The van der Waals surface area contributed by atoms with Crippen molar-refractivity contribution in [3.63, 3.8) is 0 Å². The first-order chi connectivity index (χ1) is 10.3. The van der Waals surface area contributed by atoms with E-state index in [0.717, 1.165) is 6.20 Å². The summed E-state index contributed by atoms with van der Waals surface area (Å²) < 4.78 is 41.7. The lowest BCUT2D eigenvalue weighted by molar-refractivity contribution is -0.153. The fourth-order valence-electron chi connectivity index (χ4n) is 1.77. The fourth-order valence-corrected chi connectivity index (χ4v) is 1.89. The number of ketones is 1. The van der Waals surface area contributed by atoms with Gasteiger partial charge in [0.05, 0.1) is 6.20 Å². The lowest BCUT2D eigenvalue weighted by Crippen LogP contribution is -2.19. The van der Waals surface area contributed by atoms with Crippen molar-refractivity contribution in [2.24, 2.45) is 0 Å². The quantitative estimate of drug-likeness (QED) is 0.773. The molecule has 7 heteroatoms. The largest absolute Gasteiger partial charge is 0.482 e. The van der Waals surface area contributed by atoms with Crippen LogP contribution in [-0.2, 0) is 0 Å². The minimum absolute atomic E-state index is 0.0513. The Morgan fingerprint density at radius 1 is 1.27 bits per heavy atom. The van der Waals surface area contributed by atoms with Crippen molar-refractivity contribution in [2.45, 2.75) is 13.1 Å². The number of aromatic nitrogens is 1. The van der Waals surface area contributed by atoms with Crippen LogP contribution in [0, 0.1) is 0 Å². The van der Waals surface area contributed by atoms with Gasteiger partial charge in [0.1, 0.15) is 11.4 Å². The van der Waals surface area contributed by atoms with Crippen LogP contribution in [0.25, 0.3) is 11.1 Å². The first-order valence-corrected chi connectivity index (χ1v) is 6.60. The molecular weight excluding hydrogens is 319 g/mol. The molecule has 0 spiro atoms. The predicted octanol–water partition coefficient (Wildman–Crippen LogP) is 4.55. The molecule has 1 heterocycles. The van der Waals surface area contributed by atoms with E-state index in [-0.39, 0.29) is 17.2 Å². The van der Waals surface area contributed by atoms with E-state index in [2.05, 4.69) is 4.98 Å². The lowest BCUT2D eigenvalue weighted by atomic mass is 10.0. The van der Waals surface area contributed by atoms with E-state index in [9.17, 15) is 18.0 Å². The van der Waals surface area contributed by atoms with Crippen molar-refractivity contribution in [2.75, 3.05) is 6.61 Å². The minimum Gasteiger partial charge on any atom is -0.482 e. The fraction of sp³-hybridized carbons (Fsp3) is 0.200. The molecule has 0 atom stereocenters. The Bertz CT molecular complexity index is 684. The second-order valence-corrected chi connectivity index (χ2v) is 4.97. The number of ether oxygens (including phenoxy) is 1. The first kappa shape index (κ1) is 16.3. The standard InChI is InChI=1S/C15H11ClF3NO2/c1-9(21)13-6-12(10-2-4-11(16)5-3-10)14(7-20-13)22-8-15(17,18)19/h2-7H,8H2,1H3. The summed E-state index contributed by atoms with van der Waals surface area (Å²) >= 11 is 5.80. The van der Waals surface area contributed by atoms with E-state index in [1.165, 1.54) is 13.0 Å². The summed E-state index contributed by atoms with van der Waals surface area (Å²) in [5.74, 6) is -0.345. The number of hydrogen-bond donors (Lipinski definition) is 0. The van der Waals surface area contributed by atoms with E-state index < -0.39 is 12.8 Å². The summed E-state index contributed by atoms with van der Waals surface area (Å²) in [6.07, 6.45) is -3.34. The predicted molar refractivity (Wildman–Crippen MR) is 76.2 cm³/mol. The molecular formula is C15H11ClF3NO2. The smallest absolute Gasteiger partial charge is 0.422 e. The van der Waals surface area contributed by atoms with E-state index in [0.29, 0.717) is 16.1 Å². The van der Waals surface area contributed by atoms with Crippen molar-refractivity contribution >= 4 is 17.4 Å². The van der Waals surface area contributed by atoms with Crippen LogP contribution in [0.4, 0.5) is 13.2 Å². The lowest BCUT2D eigenvalue weighted by Gasteiger charge is -2.13. The molecule has 0 aliphatic rings. The van der Waals surface area contributed by atoms with Crippen LogP contribution in [0.15, 0.2) is 36.5 Å². The maximum atomic E-state index is 12.3. The van der Waals surface area contributed by atoms with Crippen LogP contribution in [0.3, 0.4) is 0 Å². The van der Waals surface area contributed by atoms with Crippen molar-refractivity contribution in [3.05, 3.63) is 47.2 Å². The zero-order valence-corrected chi connectivity index (χ0v) is 12.2. The Balaban J connectivity index is 2.44. The van der Waals surface area contributed by atoms with Gasteiger partial charge in [-0.15, -0.1) is 0 Å². The number of pyridine rings is 1. The summed E-state index contributed by atoms with van der Waals surface area (Å²) in [5, 5.41) is 0.488. The molecule has 0 N–H and O–H groups in total. The summed E-state index contributed by atoms with van der Waals surface area (Å²) in [5.41, 5.74) is 1.07. The van der Waals surface area contributed by atoms with Gasteiger partial charge >= 0.3 is 6.18 Å². The van der Waals surface area contributed by atoms with Gasteiger partial charge in [-0.1, -0.05) is 23.7 Å². The summed E-state index contributed by atoms with van der Waals surface area (Å²) in [6, 6.07) is 7.85. The van der Waals surface area contributed by atoms with Crippen LogP contribution in [0.1, 0.15) is 17.4 Å². The molecule has 0 saturated carbocycles. The second kappa shape index (κ2) is 6.36. The number of carbonyl (C=O) groups excluding carboxylic acids is 1. The van der Waals surface area contributed by atoms with E-state index in [4.69, 9.17) is 16.3 Å². The molecule has 1 aromatic heterocycles. The van der Waals surface area contributed by atoms with Crippen molar-refractivity contribution in [1.29, 1.82) is 0 Å². The first-order valence-electron chi connectivity index (χ1n) is 6.23. The third-order valence-corrected chi connectivity index (χ3v) is 3.03. The van der Waals surface area contributed by atoms with Gasteiger partial charge in [0.2, 0.25) is 0 Å². The second-order valence-electron chi connectivity index (χ2n) is 4.53. The Kier molecular flexibility index (Phi) is 4.71. The average molecular weight is 330 g/mol. The van der Waals surface area contributed by atoms with Crippen LogP contribution < -0.4 is 4.74 Å². The number of halogens is 4. The maximum Gasteiger partial charge on any atom is 0.422 e. The third-order valence-electron chi connectivity index (χ3n) is 2.77. The molecule has 0 radical (unpaired) electrons. The number of carbonyl (C=O) groups is 1. The highest BCUT2D eigenvalue weighted by molar-refractivity contribution is 6.30. The van der Waals surface area contributed by atoms with Gasteiger partial charge in [-0.2, -0.15) is 13.2 Å².